The van der Waals surface area contributed by atoms with E-state index >= 15 is 0 Å². The number of thioether (sulfide) groups is 1. The third-order valence-electron chi connectivity index (χ3n) is 3.49. The number of carbonyl (C=O) groups excluding carboxylic acids is 1. The van der Waals surface area contributed by atoms with Gasteiger partial charge in [-0.2, -0.15) is 0 Å². The summed E-state index contributed by atoms with van der Waals surface area (Å²) in [5, 5.41) is 15.2. The first-order valence-corrected chi connectivity index (χ1v) is 9.06. The van der Waals surface area contributed by atoms with Gasteiger partial charge in [0.25, 0.3) is 0 Å². The van der Waals surface area contributed by atoms with Crippen LogP contribution in [0, 0.1) is 0 Å². The quantitative estimate of drug-likeness (QED) is 0.745. The van der Waals surface area contributed by atoms with Crippen LogP contribution in [0.25, 0.3) is 0 Å². The molecule has 1 amide bonds. The van der Waals surface area contributed by atoms with E-state index in [4.69, 9.17) is 4.74 Å². The summed E-state index contributed by atoms with van der Waals surface area (Å²) in [5.41, 5.74) is 0. The maximum Gasteiger partial charge on any atom is 0.233 e. The summed E-state index contributed by atoms with van der Waals surface area (Å²) in [6.45, 7) is 3.31. The zero-order chi connectivity index (χ0) is 14.7. The predicted octanol–water partition coefficient (Wildman–Crippen LogP) is 1.89. The lowest BCUT2D eigenvalue weighted by Crippen LogP contribution is -2.36. The number of ether oxygens (including phenoxy) is 1. The summed E-state index contributed by atoms with van der Waals surface area (Å²) in [7, 11) is 0. The molecule has 1 saturated heterocycles. The molecule has 6 nitrogen and oxygen atoms in total. The number of nitrogens with one attached hydrogen (secondary N) is 2. The van der Waals surface area contributed by atoms with Crippen molar-refractivity contribution in [2.75, 3.05) is 18.5 Å². The van der Waals surface area contributed by atoms with E-state index in [1.54, 1.807) is 0 Å². The first-order chi connectivity index (χ1) is 10.2. The molecule has 0 bridgehead atoms. The van der Waals surface area contributed by atoms with E-state index in [1.807, 2.05) is 6.92 Å². The van der Waals surface area contributed by atoms with Crippen LogP contribution in [0.5, 0.6) is 0 Å². The molecular formula is C13H20N4O2S2. The van der Waals surface area contributed by atoms with Crippen molar-refractivity contribution < 1.29 is 9.53 Å². The fourth-order valence-corrected chi connectivity index (χ4v) is 4.08. The third kappa shape index (κ3) is 4.55. The van der Waals surface area contributed by atoms with Gasteiger partial charge < -0.3 is 15.4 Å². The molecule has 2 atom stereocenters. The lowest BCUT2D eigenvalue weighted by Gasteiger charge is -2.13. The van der Waals surface area contributed by atoms with Crippen LogP contribution in [0.3, 0.4) is 0 Å². The van der Waals surface area contributed by atoms with Crippen molar-refractivity contribution >= 4 is 34.1 Å². The molecule has 2 N–H and O–H groups in total. The largest absolute Gasteiger partial charge is 0.376 e. The second kappa shape index (κ2) is 6.93. The van der Waals surface area contributed by atoms with Crippen LogP contribution in [0.15, 0.2) is 4.34 Å². The number of amides is 1. The smallest absolute Gasteiger partial charge is 0.233 e. The van der Waals surface area contributed by atoms with Gasteiger partial charge in [-0.05, 0) is 32.6 Å². The summed E-state index contributed by atoms with van der Waals surface area (Å²) in [6.07, 6.45) is 4.73. The van der Waals surface area contributed by atoms with Crippen molar-refractivity contribution in [3.05, 3.63) is 0 Å². The molecule has 0 aromatic carbocycles. The van der Waals surface area contributed by atoms with Crippen molar-refractivity contribution in [3.63, 3.8) is 0 Å². The molecule has 2 heterocycles. The third-order valence-corrected chi connectivity index (χ3v) is 5.52. The molecule has 0 spiro atoms. The Hall–Kier alpha value is -0.860. The maximum absolute atomic E-state index is 12.1. The molecule has 1 aliphatic carbocycles. The molecule has 1 aromatic rings. The topological polar surface area (TPSA) is 76.1 Å². The van der Waals surface area contributed by atoms with Gasteiger partial charge >= 0.3 is 0 Å². The van der Waals surface area contributed by atoms with Gasteiger partial charge in [-0.15, -0.1) is 10.2 Å². The minimum Gasteiger partial charge on any atom is -0.376 e. The van der Waals surface area contributed by atoms with E-state index in [-0.39, 0.29) is 17.3 Å². The van der Waals surface area contributed by atoms with Crippen molar-refractivity contribution in [3.8, 4) is 0 Å². The van der Waals surface area contributed by atoms with Crippen molar-refractivity contribution in [2.24, 2.45) is 0 Å². The number of anilines is 1. The van der Waals surface area contributed by atoms with Gasteiger partial charge in [-0.3, -0.25) is 4.79 Å². The van der Waals surface area contributed by atoms with Crippen LogP contribution >= 0.6 is 23.1 Å². The zero-order valence-electron chi connectivity index (χ0n) is 12.0. The number of hydrogen-bond acceptors (Lipinski definition) is 7. The predicted molar refractivity (Wildman–Crippen MR) is 83.9 cm³/mol. The van der Waals surface area contributed by atoms with E-state index in [2.05, 4.69) is 20.8 Å². The molecule has 116 valence electrons. The van der Waals surface area contributed by atoms with Crippen LogP contribution in [0.2, 0.25) is 0 Å². The number of nitrogens with zero attached hydrogens (tertiary/aromatic N) is 2. The molecule has 2 fully saturated rings. The monoisotopic (exact) mass is 328 g/mol. The van der Waals surface area contributed by atoms with E-state index in [0.717, 1.165) is 28.9 Å². The van der Waals surface area contributed by atoms with Crippen molar-refractivity contribution in [2.45, 2.75) is 54.3 Å². The Kier molecular flexibility index (Phi) is 4.97. The van der Waals surface area contributed by atoms with E-state index in [1.165, 1.54) is 35.9 Å². The molecule has 1 aliphatic heterocycles. The highest BCUT2D eigenvalue weighted by atomic mass is 32.2. The molecule has 0 unspecified atom stereocenters. The summed E-state index contributed by atoms with van der Waals surface area (Å²) in [6, 6.07) is 0.572. The molecule has 2 aliphatic rings. The maximum atomic E-state index is 12.1. The van der Waals surface area contributed by atoms with Gasteiger partial charge in [0.1, 0.15) is 0 Å². The molecule has 0 radical (unpaired) electrons. The number of hydrogen-bond donors (Lipinski definition) is 2. The Morgan fingerprint density at radius 3 is 3.05 bits per heavy atom. The van der Waals surface area contributed by atoms with E-state index < -0.39 is 0 Å². The van der Waals surface area contributed by atoms with Gasteiger partial charge in [0, 0.05) is 19.2 Å². The summed E-state index contributed by atoms with van der Waals surface area (Å²) >= 11 is 2.97. The molecule has 1 aromatic heterocycles. The minimum absolute atomic E-state index is 0.0300. The Labute approximate surface area is 132 Å². The molecular weight excluding hydrogens is 308 g/mol. The fraction of sp³-hybridized carbons (Fsp3) is 0.769. The summed E-state index contributed by atoms with van der Waals surface area (Å²) in [4.78, 5) is 12.1. The highest BCUT2D eigenvalue weighted by molar-refractivity contribution is 8.02. The highest BCUT2D eigenvalue weighted by Gasteiger charge is 2.24. The Morgan fingerprint density at radius 2 is 2.33 bits per heavy atom. The minimum atomic E-state index is -0.173. The Balaban J connectivity index is 1.42. The Morgan fingerprint density at radius 1 is 1.48 bits per heavy atom. The molecule has 1 saturated carbocycles. The zero-order valence-corrected chi connectivity index (χ0v) is 13.6. The lowest BCUT2D eigenvalue weighted by atomic mass is 10.2. The molecule has 8 heteroatoms. The molecule has 3 rings (SSSR count). The van der Waals surface area contributed by atoms with Crippen LogP contribution < -0.4 is 10.6 Å². The summed E-state index contributed by atoms with van der Waals surface area (Å²) < 4.78 is 6.33. The fourth-order valence-electron chi connectivity index (χ4n) is 2.09. The first-order valence-electron chi connectivity index (χ1n) is 7.37. The number of carbonyl (C=O) groups is 1. The lowest BCUT2D eigenvalue weighted by molar-refractivity contribution is -0.120. The van der Waals surface area contributed by atoms with Crippen LogP contribution in [-0.4, -0.2) is 46.7 Å². The van der Waals surface area contributed by atoms with E-state index in [9.17, 15) is 4.79 Å². The summed E-state index contributed by atoms with van der Waals surface area (Å²) in [5.74, 6) is 0.0300. The molecule has 21 heavy (non-hydrogen) atoms. The van der Waals surface area contributed by atoms with Crippen molar-refractivity contribution in [1.29, 1.82) is 0 Å². The normalized spacial score (nSPS) is 23.0. The van der Waals surface area contributed by atoms with Gasteiger partial charge in [0.15, 0.2) is 4.34 Å². The van der Waals surface area contributed by atoms with Crippen LogP contribution in [0.4, 0.5) is 5.13 Å². The van der Waals surface area contributed by atoms with Gasteiger partial charge in [-0.1, -0.05) is 23.1 Å². The average molecular weight is 328 g/mol. The Bertz CT molecular complexity index is 486. The van der Waals surface area contributed by atoms with Gasteiger partial charge in [0.05, 0.1) is 11.4 Å². The average Bonchev–Trinajstić information content (AvgIpc) is 2.96. The SMILES string of the molecule is C[C@H](Sc1nnc(NC2CC2)s1)C(=O)NC[C@H]1CCCO1. The first kappa shape index (κ1) is 15.1. The highest BCUT2D eigenvalue weighted by Crippen LogP contribution is 2.32. The van der Waals surface area contributed by atoms with Crippen molar-refractivity contribution in [1.82, 2.24) is 15.5 Å². The van der Waals surface area contributed by atoms with Crippen LogP contribution in [-0.2, 0) is 9.53 Å². The van der Waals surface area contributed by atoms with Crippen LogP contribution in [0.1, 0.15) is 32.6 Å². The number of rotatable bonds is 7. The van der Waals surface area contributed by atoms with Gasteiger partial charge in [0.2, 0.25) is 11.0 Å². The standard InChI is InChI=1S/C13H20N4O2S2/c1-8(11(18)14-7-10-3-2-6-19-10)20-13-17-16-12(21-13)15-9-4-5-9/h8-10H,2-7H2,1H3,(H,14,18)(H,15,16)/t8-,10+/m0/s1. The second-order valence-electron chi connectivity index (χ2n) is 5.43. The number of aromatic nitrogens is 2. The second-order valence-corrected chi connectivity index (χ2v) is 8.00. The van der Waals surface area contributed by atoms with Gasteiger partial charge in [-0.25, -0.2) is 0 Å². The van der Waals surface area contributed by atoms with E-state index in [0.29, 0.717) is 12.6 Å².